The lowest BCUT2D eigenvalue weighted by molar-refractivity contribution is 0.539. The van der Waals surface area contributed by atoms with Crippen LogP contribution in [0.2, 0.25) is 0 Å². The molecule has 0 saturated carbocycles. The van der Waals surface area contributed by atoms with Crippen LogP contribution in [0.5, 0.6) is 0 Å². The van der Waals surface area contributed by atoms with Gasteiger partial charge in [-0.1, -0.05) is 348 Å². The number of rotatable bonds is 14. The van der Waals surface area contributed by atoms with Gasteiger partial charge in [0.25, 0.3) is 0 Å². The molecule has 0 aliphatic heterocycles. The maximum absolute atomic E-state index is 5.24. The van der Waals surface area contributed by atoms with Gasteiger partial charge >= 0.3 is 0 Å². The summed E-state index contributed by atoms with van der Waals surface area (Å²) in [5.41, 5.74) is 36.8. The van der Waals surface area contributed by atoms with Crippen LogP contribution in [-0.4, -0.2) is 58.1 Å². The summed E-state index contributed by atoms with van der Waals surface area (Å²) in [6.45, 7) is 10.9. The van der Waals surface area contributed by atoms with E-state index in [0.29, 0.717) is 0 Å². The van der Waals surface area contributed by atoms with E-state index >= 15 is 0 Å². The highest BCUT2D eigenvalue weighted by Gasteiger charge is 2.27. The first kappa shape index (κ1) is 83.4. The molecule has 0 N–H and O–H groups in total. The molecule has 0 fully saturated rings. The summed E-state index contributed by atoms with van der Waals surface area (Å²) in [5.74, 6) is 0.992. The lowest BCUT2D eigenvalue weighted by Gasteiger charge is -2.20. The lowest BCUT2D eigenvalue weighted by atomic mass is 9.95. The Morgan fingerprint density at radius 2 is 0.500 bits per heavy atom. The van der Waals surface area contributed by atoms with Crippen molar-refractivity contribution in [2.75, 3.05) is 0 Å². The standard InChI is InChI=1S/C34H29N3.C32H25N3.C30H21N3.C26H17N3/c1-34(2,3)33-36-31-30(28-18-10-16-26(22-28)24-12-6-4-7-13-24)20-21-35-32(31)37(33)29-19-11-17-27(23-29)25-14-8-5-9-15-25;1-22-15-26(24-9-5-3-6-10-24)19-28(17-22)30-13-14-33-32-31(30)34-21-35(32)29-18-23(2)16-27(20-29)25-11-7-4-8-12-25;1-3-9-22(10-4-1)24-13-7-15-26(19-24)28-17-18-31-30-29(28)32-21-33(30)27-16-8-14-25(20-27)23-11-5-2-6-12-23;1-3-7-20-15-22(10-9-18(20)5-1)24-13-14-27-26-25(24)28-17-29(26)23-12-11-19-6-2-4-8-21(19)16-23/h4-23H,1-3H3;3-21H,1-2H3;1-21H;1-17H. The molecule has 134 heavy (non-hydrogen) atoms. The number of hydrogen-bond donors (Lipinski definition) is 0. The van der Waals surface area contributed by atoms with Gasteiger partial charge in [0.15, 0.2) is 22.6 Å². The summed E-state index contributed by atoms with van der Waals surface area (Å²) in [4.78, 5) is 38.5. The second kappa shape index (κ2) is 36.9. The minimum Gasteiger partial charge on any atom is -0.283 e. The molecule has 16 aromatic carbocycles. The van der Waals surface area contributed by atoms with Crippen LogP contribution in [-0.2, 0) is 5.41 Å². The van der Waals surface area contributed by atoms with Gasteiger partial charge in [0, 0.05) is 75.2 Å². The van der Waals surface area contributed by atoms with Crippen LogP contribution in [0.1, 0.15) is 37.7 Å². The predicted octanol–water partition coefficient (Wildman–Crippen LogP) is 30.6. The van der Waals surface area contributed by atoms with Crippen molar-refractivity contribution in [3.8, 4) is 134 Å². The number of hydrogen-bond acceptors (Lipinski definition) is 8. The van der Waals surface area contributed by atoms with Gasteiger partial charge in [-0.2, -0.15) is 0 Å². The summed E-state index contributed by atoms with van der Waals surface area (Å²) in [5, 5.41) is 4.90. The third kappa shape index (κ3) is 17.4. The molecule has 0 atom stereocenters. The van der Waals surface area contributed by atoms with Crippen molar-refractivity contribution in [1.29, 1.82) is 0 Å². The maximum atomic E-state index is 5.24. The molecule has 8 heterocycles. The number of fused-ring (bicyclic) bond motifs is 6. The average molecular weight is 1730 g/mol. The zero-order valence-corrected chi connectivity index (χ0v) is 74.8. The molecular formula is C122H92N12. The molecule has 640 valence electrons. The van der Waals surface area contributed by atoms with Crippen molar-refractivity contribution < 1.29 is 0 Å². The Morgan fingerprint density at radius 1 is 0.194 bits per heavy atom. The first-order valence-corrected chi connectivity index (χ1v) is 45.2. The average Bonchev–Trinajstić information content (AvgIpc) is 1.55. The number of aryl methyl sites for hydroxylation is 2. The van der Waals surface area contributed by atoms with E-state index in [9.17, 15) is 0 Å². The fraction of sp³-hybridized carbons (Fsp3) is 0.0492. The first-order valence-electron chi connectivity index (χ1n) is 45.2. The maximum Gasteiger partial charge on any atom is 0.165 e. The van der Waals surface area contributed by atoms with Gasteiger partial charge in [0.1, 0.15) is 46.9 Å². The van der Waals surface area contributed by atoms with Gasteiger partial charge in [0.2, 0.25) is 0 Å². The van der Waals surface area contributed by atoms with Gasteiger partial charge < -0.3 is 0 Å². The van der Waals surface area contributed by atoms with Crippen molar-refractivity contribution in [3.63, 3.8) is 0 Å². The van der Waals surface area contributed by atoms with Crippen molar-refractivity contribution in [1.82, 2.24) is 58.1 Å². The molecule has 0 spiro atoms. The third-order valence-corrected chi connectivity index (χ3v) is 24.5. The highest BCUT2D eigenvalue weighted by Crippen LogP contribution is 2.41. The Bertz CT molecular complexity index is 8360. The Kier molecular flexibility index (Phi) is 23.0. The zero-order chi connectivity index (χ0) is 90.4. The molecule has 12 heteroatoms. The highest BCUT2D eigenvalue weighted by molar-refractivity contribution is 5.98. The second-order valence-electron chi connectivity index (χ2n) is 34.7. The number of imidazole rings is 4. The number of benzene rings is 16. The van der Waals surface area contributed by atoms with Crippen molar-refractivity contribution in [3.05, 3.63) is 485 Å². The van der Waals surface area contributed by atoms with E-state index < -0.39 is 0 Å². The zero-order valence-electron chi connectivity index (χ0n) is 74.8. The van der Waals surface area contributed by atoms with E-state index in [0.717, 1.165) is 118 Å². The quantitative estimate of drug-likeness (QED) is 0.105. The molecule has 0 unspecified atom stereocenters. The van der Waals surface area contributed by atoms with Gasteiger partial charge in [-0.3, -0.25) is 18.3 Å². The number of nitrogens with zero attached hydrogens (tertiary/aromatic N) is 12. The second-order valence-corrected chi connectivity index (χ2v) is 34.7. The Morgan fingerprint density at radius 3 is 0.963 bits per heavy atom. The minimum absolute atomic E-state index is 0.174. The highest BCUT2D eigenvalue weighted by atomic mass is 15.2. The number of aromatic nitrogens is 12. The van der Waals surface area contributed by atoms with Gasteiger partial charge in [-0.15, -0.1) is 0 Å². The SMILES string of the molecule is CC(C)(C)c1nc2c(-c3cccc(-c4ccccc4)c3)ccnc2n1-c1cccc(-c2ccccc2)c1.Cc1cc(-c2ccccc2)cc(-c2ccnc3c2ncn3-c2cc(C)cc(-c3ccccc3)c2)c1.c1ccc(-c2cccc(-c3ccnc4c3ncn4-c3cccc(-c4ccccc4)c3)c2)cc1.c1ccc2cc(-c3ccnc4c3ncn4-c3ccc4ccccc4c3)ccc2c1. The summed E-state index contributed by atoms with van der Waals surface area (Å²) < 4.78 is 8.44. The monoisotopic (exact) mass is 1720 g/mol. The van der Waals surface area contributed by atoms with E-state index in [4.69, 9.17) is 29.9 Å². The predicted molar refractivity (Wildman–Crippen MR) is 553 cm³/mol. The summed E-state index contributed by atoms with van der Waals surface area (Å²) in [6.07, 6.45) is 13.1. The Labute approximate surface area is 778 Å². The van der Waals surface area contributed by atoms with E-state index in [1.807, 2.05) is 92.3 Å². The topological polar surface area (TPSA) is 123 Å². The van der Waals surface area contributed by atoms with Gasteiger partial charge in [-0.05, 0) is 233 Å². The van der Waals surface area contributed by atoms with E-state index in [1.54, 1.807) is 0 Å². The van der Waals surface area contributed by atoms with Crippen LogP contribution in [0.4, 0.5) is 0 Å². The summed E-state index contributed by atoms with van der Waals surface area (Å²) >= 11 is 0. The van der Waals surface area contributed by atoms with Crippen LogP contribution in [0.15, 0.2) is 468 Å². The van der Waals surface area contributed by atoms with Crippen LogP contribution in [0.25, 0.3) is 200 Å². The first-order chi connectivity index (χ1) is 65.9. The van der Waals surface area contributed by atoms with Crippen LogP contribution in [0, 0.1) is 13.8 Å². The van der Waals surface area contributed by atoms with Crippen molar-refractivity contribution >= 4 is 66.2 Å². The Balaban J connectivity index is 0.000000108. The summed E-state index contributed by atoms with van der Waals surface area (Å²) in [7, 11) is 0. The molecule has 0 saturated heterocycles. The van der Waals surface area contributed by atoms with Crippen LogP contribution >= 0.6 is 0 Å². The molecular weight excluding hydrogens is 1630 g/mol. The van der Waals surface area contributed by atoms with E-state index in [-0.39, 0.29) is 5.41 Å². The van der Waals surface area contributed by atoms with Gasteiger partial charge in [-0.25, -0.2) is 39.9 Å². The molecule has 0 aliphatic carbocycles. The smallest absolute Gasteiger partial charge is 0.165 e. The molecule has 0 aliphatic rings. The fourth-order valence-electron chi connectivity index (χ4n) is 18.0. The number of pyridine rings is 4. The van der Waals surface area contributed by atoms with E-state index in [1.165, 1.54) is 99.4 Å². The molecule has 24 rings (SSSR count). The van der Waals surface area contributed by atoms with Crippen LogP contribution < -0.4 is 0 Å². The van der Waals surface area contributed by atoms with Gasteiger partial charge in [0.05, 0.1) is 0 Å². The molecule has 8 aromatic heterocycles. The molecule has 0 radical (unpaired) electrons. The van der Waals surface area contributed by atoms with E-state index in [2.05, 4.69) is 439 Å². The largest absolute Gasteiger partial charge is 0.283 e. The van der Waals surface area contributed by atoms with Crippen molar-refractivity contribution in [2.45, 2.75) is 40.0 Å². The molecule has 0 amide bonds. The van der Waals surface area contributed by atoms with Crippen molar-refractivity contribution in [2.24, 2.45) is 0 Å². The fourth-order valence-corrected chi connectivity index (χ4v) is 18.0. The normalized spacial score (nSPS) is 11.3. The minimum atomic E-state index is -0.174. The molecule has 12 nitrogen and oxygen atoms in total. The molecule has 24 aromatic rings. The lowest BCUT2D eigenvalue weighted by Crippen LogP contribution is -2.18. The van der Waals surface area contributed by atoms with Crippen LogP contribution in [0.3, 0.4) is 0 Å². The summed E-state index contributed by atoms with van der Waals surface area (Å²) in [6, 6.07) is 149. The Hall–Kier alpha value is -17.5. The third-order valence-electron chi connectivity index (χ3n) is 24.5. The molecule has 0 bridgehead atoms.